The summed E-state index contributed by atoms with van der Waals surface area (Å²) < 4.78 is 5.60. The Morgan fingerprint density at radius 1 is 1.39 bits per heavy atom. The molecule has 0 N–H and O–H groups in total. The Hall–Kier alpha value is -2.05. The highest BCUT2D eigenvalue weighted by Crippen LogP contribution is 2.22. The van der Waals surface area contributed by atoms with Gasteiger partial charge in [0.25, 0.3) is 0 Å². The topological polar surface area (TPSA) is 45.9 Å². The lowest BCUT2D eigenvalue weighted by Gasteiger charge is -2.08. The normalized spacial score (nSPS) is 9.83. The van der Waals surface area contributed by atoms with Crippen molar-refractivity contribution in [3.8, 4) is 11.8 Å². The zero-order valence-electron chi connectivity index (χ0n) is 9.85. The zero-order chi connectivity index (χ0) is 13.0. The minimum absolute atomic E-state index is 0.384. The summed E-state index contributed by atoms with van der Waals surface area (Å²) in [6, 6.07) is 10.9. The van der Waals surface area contributed by atoms with Gasteiger partial charge < -0.3 is 4.74 Å². The van der Waals surface area contributed by atoms with Gasteiger partial charge in [0.1, 0.15) is 18.4 Å². The Morgan fingerprint density at radius 3 is 2.89 bits per heavy atom. The van der Waals surface area contributed by atoms with Gasteiger partial charge in [-0.2, -0.15) is 5.26 Å². The highest BCUT2D eigenvalue weighted by atomic mass is 35.5. The van der Waals surface area contributed by atoms with Crippen molar-refractivity contribution >= 4 is 11.6 Å². The third kappa shape index (κ3) is 2.79. The van der Waals surface area contributed by atoms with E-state index in [9.17, 15) is 0 Å². The van der Waals surface area contributed by atoms with E-state index in [1.165, 1.54) is 0 Å². The van der Waals surface area contributed by atoms with Crippen LogP contribution in [0.1, 0.15) is 16.8 Å². The van der Waals surface area contributed by atoms with E-state index >= 15 is 0 Å². The standard InChI is InChI=1S/C14H11ClN2O/c1-10-3-2-6-17-14(10)9-18-12-5-4-11(8-16)13(15)7-12/h2-7H,9H2,1H3. The van der Waals surface area contributed by atoms with Crippen molar-refractivity contribution in [2.45, 2.75) is 13.5 Å². The average molecular weight is 259 g/mol. The van der Waals surface area contributed by atoms with Crippen LogP contribution in [0.3, 0.4) is 0 Å². The largest absolute Gasteiger partial charge is 0.487 e. The first kappa shape index (κ1) is 12.4. The van der Waals surface area contributed by atoms with Crippen molar-refractivity contribution in [3.63, 3.8) is 0 Å². The number of hydrogen-bond donors (Lipinski definition) is 0. The summed E-state index contributed by atoms with van der Waals surface area (Å²) in [6.45, 7) is 2.37. The number of hydrogen-bond acceptors (Lipinski definition) is 3. The molecule has 2 rings (SSSR count). The van der Waals surface area contributed by atoms with Gasteiger partial charge in [-0.15, -0.1) is 0 Å². The molecule has 0 saturated heterocycles. The van der Waals surface area contributed by atoms with Crippen LogP contribution in [0.5, 0.6) is 5.75 Å². The quantitative estimate of drug-likeness (QED) is 0.847. The van der Waals surface area contributed by atoms with Crippen LogP contribution in [0, 0.1) is 18.3 Å². The lowest BCUT2D eigenvalue weighted by molar-refractivity contribution is 0.300. The fourth-order valence-corrected chi connectivity index (χ4v) is 1.71. The summed E-state index contributed by atoms with van der Waals surface area (Å²) in [5, 5.41) is 9.16. The Kier molecular flexibility index (Phi) is 3.81. The smallest absolute Gasteiger partial charge is 0.130 e. The summed E-state index contributed by atoms with van der Waals surface area (Å²) >= 11 is 5.92. The number of nitrogens with zero attached hydrogens (tertiary/aromatic N) is 2. The van der Waals surface area contributed by atoms with Crippen molar-refractivity contribution in [3.05, 3.63) is 58.4 Å². The molecule has 0 aliphatic heterocycles. The number of nitriles is 1. The number of benzene rings is 1. The zero-order valence-corrected chi connectivity index (χ0v) is 10.6. The minimum atomic E-state index is 0.384. The molecular formula is C14H11ClN2O. The number of pyridine rings is 1. The van der Waals surface area contributed by atoms with Crippen molar-refractivity contribution in [2.24, 2.45) is 0 Å². The molecule has 0 radical (unpaired) electrons. The Morgan fingerprint density at radius 2 is 2.22 bits per heavy atom. The van der Waals surface area contributed by atoms with Crippen LogP contribution < -0.4 is 4.74 Å². The van der Waals surface area contributed by atoms with Crippen LogP contribution >= 0.6 is 11.6 Å². The van der Waals surface area contributed by atoms with E-state index in [1.54, 1.807) is 24.4 Å². The summed E-state index contributed by atoms with van der Waals surface area (Å²) in [7, 11) is 0. The van der Waals surface area contributed by atoms with Crippen LogP contribution in [0.15, 0.2) is 36.5 Å². The fraction of sp³-hybridized carbons (Fsp3) is 0.143. The summed E-state index contributed by atoms with van der Waals surface area (Å²) in [5.74, 6) is 0.629. The van der Waals surface area contributed by atoms with Crippen LogP contribution in [0.4, 0.5) is 0 Å². The molecule has 90 valence electrons. The molecule has 18 heavy (non-hydrogen) atoms. The second kappa shape index (κ2) is 5.52. The second-order valence-corrected chi connectivity index (χ2v) is 4.22. The number of ether oxygens (including phenoxy) is 1. The molecule has 1 heterocycles. The molecule has 0 atom stereocenters. The van der Waals surface area contributed by atoms with Crippen molar-refractivity contribution < 1.29 is 4.74 Å². The maximum atomic E-state index is 8.77. The fourth-order valence-electron chi connectivity index (χ4n) is 1.50. The Balaban J connectivity index is 2.10. The first-order valence-corrected chi connectivity index (χ1v) is 5.81. The molecule has 4 heteroatoms. The molecule has 0 unspecified atom stereocenters. The van der Waals surface area contributed by atoms with Gasteiger partial charge in [0.05, 0.1) is 16.3 Å². The molecule has 0 aliphatic rings. The van der Waals surface area contributed by atoms with Gasteiger partial charge in [-0.1, -0.05) is 17.7 Å². The van der Waals surface area contributed by atoms with E-state index in [0.29, 0.717) is 22.9 Å². The molecule has 0 fully saturated rings. The summed E-state index contributed by atoms with van der Waals surface area (Å²) in [4.78, 5) is 4.24. The Bertz CT molecular complexity index is 605. The number of rotatable bonds is 3. The van der Waals surface area contributed by atoms with Gasteiger partial charge in [-0.25, -0.2) is 0 Å². The van der Waals surface area contributed by atoms with E-state index in [4.69, 9.17) is 21.6 Å². The molecule has 2 aromatic rings. The third-order valence-corrected chi connectivity index (χ3v) is 2.87. The first-order valence-electron chi connectivity index (χ1n) is 5.43. The van der Waals surface area contributed by atoms with Crippen LogP contribution in [-0.4, -0.2) is 4.98 Å². The maximum absolute atomic E-state index is 8.77. The molecule has 1 aromatic carbocycles. The van der Waals surface area contributed by atoms with Crippen LogP contribution in [0.2, 0.25) is 5.02 Å². The van der Waals surface area contributed by atoms with E-state index in [0.717, 1.165) is 11.3 Å². The average Bonchev–Trinajstić information content (AvgIpc) is 2.38. The molecule has 0 amide bonds. The minimum Gasteiger partial charge on any atom is -0.487 e. The lowest BCUT2D eigenvalue weighted by atomic mass is 10.2. The molecule has 0 saturated carbocycles. The van der Waals surface area contributed by atoms with Crippen molar-refractivity contribution in [1.82, 2.24) is 4.98 Å². The predicted octanol–water partition coefficient (Wildman–Crippen LogP) is 3.49. The first-order chi connectivity index (χ1) is 8.70. The van der Waals surface area contributed by atoms with Crippen LogP contribution in [0.25, 0.3) is 0 Å². The highest BCUT2D eigenvalue weighted by molar-refractivity contribution is 6.31. The van der Waals surface area contributed by atoms with Gasteiger partial charge in [-0.3, -0.25) is 4.98 Å². The van der Waals surface area contributed by atoms with Gasteiger partial charge >= 0.3 is 0 Å². The van der Waals surface area contributed by atoms with Gasteiger partial charge in [-0.05, 0) is 30.7 Å². The second-order valence-electron chi connectivity index (χ2n) is 3.81. The number of halogens is 1. The van der Waals surface area contributed by atoms with Crippen molar-refractivity contribution in [1.29, 1.82) is 5.26 Å². The SMILES string of the molecule is Cc1cccnc1COc1ccc(C#N)c(Cl)c1. The molecular weight excluding hydrogens is 248 g/mol. The van der Waals surface area contributed by atoms with E-state index in [-0.39, 0.29) is 0 Å². The predicted molar refractivity (Wildman–Crippen MR) is 69.5 cm³/mol. The van der Waals surface area contributed by atoms with E-state index in [2.05, 4.69) is 4.98 Å². The lowest BCUT2D eigenvalue weighted by Crippen LogP contribution is -2.00. The maximum Gasteiger partial charge on any atom is 0.130 e. The Labute approximate surface area is 111 Å². The molecule has 0 aliphatic carbocycles. The third-order valence-electron chi connectivity index (χ3n) is 2.55. The van der Waals surface area contributed by atoms with Crippen molar-refractivity contribution in [2.75, 3.05) is 0 Å². The van der Waals surface area contributed by atoms with Gasteiger partial charge in [0.15, 0.2) is 0 Å². The molecule has 0 bridgehead atoms. The highest BCUT2D eigenvalue weighted by Gasteiger charge is 2.04. The van der Waals surface area contributed by atoms with Crippen LogP contribution in [-0.2, 0) is 6.61 Å². The van der Waals surface area contributed by atoms with E-state index < -0.39 is 0 Å². The van der Waals surface area contributed by atoms with Gasteiger partial charge in [0, 0.05) is 12.3 Å². The monoisotopic (exact) mass is 258 g/mol. The molecule has 1 aromatic heterocycles. The molecule has 0 spiro atoms. The number of aryl methyl sites for hydroxylation is 1. The molecule has 3 nitrogen and oxygen atoms in total. The van der Waals surface area contributed by atoms with Gasteiger partial charge in [0.2, 0.25) is 0 Å². The summed E-state index contributed by atoms with van der Waals surface area (Å²) in [6.07, 6.45) is 1.73. The van der Waals surface area contributed by atoms with E-state index in [1.807, 2.05) is 25.1 Å². The number of aromatic nitrogens is 1. The summed E-state index contributed by atoms with van der Waals surface area (Å²) in [5.41, 5.74) is 2.41.